The van der Waals surface area contributed by atoms with Gasteiger partial charge in [0.25, 0.3) is 0 Å². The van der Waals surface area contributed by atoms with Crippen molar-refractivity contribution in [3.63, 3.8) is 0 Å². The van der Waals surface area contributed by atoms with Crippen molar-refractivity contribution in [2.45, 2.75) is 45.1 Å². The number of hydrogen-bond acceptors (Lipinski definition) is 6. The minimum atomic E-state index is -2.74. The number of amides is 2. The lowest BCUT2D eigenvalue weighted by Gasteiger charge is -2.27. The number of hydrogen-bond donors (Lipinski definition) is 2. The molecule has 0 saturated heterocycles. The van der Waals surface area contributed by atoms with Crippen LogP contribution in [0.4, 0.5) is 13.6 Å². The normalized spacial score (nSPS) is 18.3. The van der Waals surface area contributed by atoms with E-state index in [1.165, 1.54) is 13.2 Å². The van der Waals surface area contributed by atoms with Crippen LogP contribution in [0.1, 0.15) is 44.0 Å². The molecule has 11 heteroatoms. The Hall–Kier alpha value is -3.11. The number of aliphatic imine (C=N–C) groups is 1. The van der Waals surface area contributed by atoms with Crippen molar-refractivity contribution in [3.8, 4) is 11.5 Å². The summed E-state index contributed by atoms with van der Waals surface area (Å²) in [5.74, 6) is -2.49. The number of allylic oxidation sites excluding steroid dienone is 1. The summed E-state index contributed by atoms with van der Waals surface area (Å²) < 4.78 is 32.8. The Morgan fingerprint density at radius 2 is 2.26 bits per heavy atom. The van der Waals surface area contributed by atoms with Gasteiger partial charge >= 0.3 is 6.03 Å². The molecular weight excluding hydrogens is 480 g/mol. The van der Waals surface area contributed by atoms with Crippen LogP contribution in [-0.2, 0) is 6.61 Å². The zero-order valence-corrected chi connectivity index (χ0v) is 19.9. The quantitative estimate of drug-likeness (QED) is 0.548. The summed E-state index contributed by atoms with van der Waals surface area (Å²) in [4.78, 5) is 27.1. The van der Waals surface area contributed by atoms with Gasteiger partial charge in [-0.05, 0) is 36.5 Å². The molecule has 0 spiro atoms. The fourth-order valence-electron chi connectivity index (χ4n) is 3.93. The van der Waals surface area contributed by atoms with Crippen LogP contribution in [0.15, 0.2) is 45.9 Å². The van der Waals surface area contributed by atoms with Crippen LogP contribution in [-0.4, -0.2) is 51.2 Å². The number of aliphatic hydroxyl groups excluding tert-OH is 1. The number of carbonyl (C=O) groups is 1. The van der Waals surface area contributed by atoms with Gasteiger partial charge in [0.2, 0.25) is 11.8 Å². The highest BCUT2D eigenvalue weighted by Crippen LogP contribution is 2.32. The third kappa shape index (κ3) is 6.12. The van der Waals surface area contributed by atoms with Gasteiger partial charge in [-0.2, -0.15) is 0 Å². The molecule has 186 valence electrons. The second-order valence-corrected chi connectivity index (χ2v) is 8.89. The van der Waals surface area contributed by atoms with Gasteiger partial charge in [-0.15, -0.1) is 0 Å². The molecule has 0 radical (unpaired) electrons. The molecular formula is C24H26ClF2N5O3. The Morgan fingerprint density at radius 3 is 2.91 bits per heavy atom. The molecule has 4 heterocycles. The van der Waals surface area contributed by atoms with E-state index in [9.17, 15) is 13.6 Å². The number of urea groups is 1. The van der Waals surface area contributed by atoms with Crippen LogP contribution in [0.3, 0.4) is 0 Å². The number of nitrogens with one attached hydrogen (secondary N) is 1. The highest BCUT2D eigenvalue weighted by atomic mass is 35.5. The standard InChI is InChI=1S/C24H26ClF2N5O3/c1-2-24(26,27)11-15-3-6-28-20(9-15)31-23(34)32-7-4-16(5-8-32)21-19(25)10-17(12-29-21)22-30-18(13-33)14-35-22/h4,6,9-10,12,14-15,33H,2-3,5,7-8,11,13H2,1H3,(H,31,34). The lowest BCUT2D eigenvalue weighted by atomic mass is 9.95. The molecule has 0 aromatic carbocycles. The summed E-state index contributed by atoms with van der Waals surface area (Å²) in [6, 6.07) is 1.35. The van der Waals surface area contributed by atoms with Gasteiger partial charge in [-0.25, -0.2) is 23.6 Å². The number of aliphatic hydroxyl groups is 1. The van der Waals surface area contributed by atoms with Gasteiger partial charge in [0.1, 0.15) is 17.8 Å². The minimum Gasteiger partial charge on any atom is -0.444 e. The summed E-state index contributed by atoms with van der Waals surface area (Å²) in [6.07, 6.45) is 8.51. The minimum absolute atomic E-state index is 0.218. The first kappa shape index (κ1) is 25.0. The molecule has 0 aliphatic carbocycles. The molecule has 8 nitrogen and oxygen atoms in total. The van der Waals surface area contributed by atoms with Crippen LogP contribution >= 0.6 is 11.6 Å². The largest absolute Gasteiger partial charge is 0.444 e. The van der Waals surface area contributed by atoms with E-state index in [4.69, 9.17) is 21.1 Å². The van der Waals surface area contributed by atoms with E-state index < -0.39 is 5.92 Å². The molecule has 2 N–H and O–H groups in total. The molecule has 1 atom stereocenters. The average molecular weight is 506 g/mol. The first-order valence-corrected chi connectivity index (χ1v) is 11.7. The molecule has 2 aromatic rings. The zero-order valence-electron chi connectivity index (χ0n) is 19.2. The lowest BCUT2D eigenvalue weighted by Crippen LogP contribution is -2.42. The summed E-state index contributed by atoms with van der Waals surface area (Å²) in [6.45, 7) is 2.02. The van der Waals surface area contributed by atoms with Crippen molar-refractivity contribution in [3.05, 3.63) is 52.9 Å². The molecule has 4 rings (SSSR count). The number of aromatic nitrogens is 2. The summed E-state index contributed by atoms with van der Waals surface area (Å²) in [5.41, 5.74) is 2.53. The average Bonchev–Trinajstić information content (AvgIpc) is 3.33. The van der Waals surface area contributed by atoms with E-state index in [0.717, 1.165) is 5.57 Å². The Kier molecular flexibility index (Phi) is 7.61. The van der Waals surface area contributed by atoms with Crippen LogP contribution in [0.5, 0.6) is 0 Å². The van der Waals surface area contributed by atoms with E-state index in [2.05, 4.69) is 20.3 Å². The molecule has 2 amide bonds. The predicted molar refractivity (Wildman–Crippen MR) is 128 cm³/mol. The number of alkyl halides is 2. The highest BCUT2D eigenvalue weighted by Gasteiger charge is 2.30. The SMILES string of the molecule is CCC(F)(F)CC1C=C(NC(=O)N2CC=C(c3ncc(-c4nc(CO)co4)cc3Cl)CC2)N=CC1. The van der Waals surface area contributed by atoms with E-state index in [1.54, 1.807) is 29.5 Å². The van der Waals surface area contributed by atoms with Crippen molar-refractivity contribution in [2.24, 2.45) is 10.9 Å². The van der Waals surface area contributed by atoms with E-state index in [-0.39, 0.29) is 31.4 Å². The van der Waals surface area contributed by atoms with Crippen molar-refractivity contribution >= 4 is 29.4 Å². The second kappa shape index (κ2) is 10.7. The third-order valence-corrected chi connectivity index (χ3v) is 6.24. The maximum absolute atomic E-state index is 13.7. The van der Waals surface area contributed by atoms with Gasteiger partial charge in [-0.1, -0.05) is 24.6 Å². The summed E-state index contributed by atoms with van der Waals surface area (Å²) in [7, 11) is 0. The van der Waals surface area contributed by atoms with Crippen LogP contribution < -0.4 is 5.32 Å². The monoisotopic (exact) mass is 505 g/mol. The number of halogens is 3. The van der Waals surface area contributed by atoms with Crippen molar-refractivity contribution in [1.82, 2.24) is 20.2 Å². The highest BCUT2D eigenvalue weighted by molar-refractivity contribution is 6.32. The Balaban J connectivity index is 1.37. The lowest BCUT2D eigenvalue weighted by molar-refractivity contribution is -0.0208. The third-order valence-electron chi connectivity index (χ3n) is 5.95. The molecule has 35 heavy (non-hydrogen) atoms. The molecule has 0 saturated carbocycles. The molecule has 0 fully saturated rings. The fourth-order valence-corrected chi connectivity index (χ4v) is 4.21. The maximum Gasteiger partial charge on any atom is 0.323 e. The number of pyridine rings is 1. The number of nitrogens with zero attached hydrogens (tertiary/aromatic N) is 4. The number of oxazole rings is 1. The first-order valence-electron chi connectivity index (χ1n) is 11.4. The van der Waals surface area contributed by atoms with E-state index in [1.807, 2.05) is 6.08 Å². The van der Waals surface area contributed by atoms with E-state index in [0.29, 0.717) is 59.6 Å². The van der Waals surface area contributed by atoms with Gasteiger partial charge in [0.05, 0.1) is 22.9 Å². The number of rotatable bonds is 7. The van der Waals surface area contributed by atoms with Gasteiger partial charge in [0, 0.05) is 38.3 Å². The summed E-state index contributed by atoms with van der Waals surface area (Å²) >= 11 is 6.46. The Labute approximate surface area is 206 Å². The first-order chi connectivity index (χ1) is 16.8. The fraction of sp³-hybridized carbons (Fsp3) is 0.417. The van der Waals surface area contributed by atoms with Crippen LogP contribution in [0.2, 0.25) is 5.02 Å². The van der Waals surface area contributed by atoms with Gasteiger partial charge in [0.15, 0.2) is 0 Å². The number of carbonyl (C=O) groups excluding carboxylic acids is 1. The second-order valence-electron chi connectivity index (χ2n) is 8.49. The maximum atomic E-state index is 13.7. The van der Waals surface area contributed by atoms with Crippen LogP contribution in [0, 0.1) is 5.92 Å². The predicted octanol–water partition coefficient (Wildman–Crippen LogP) is 5.05. The van der Waals surface area contributed by atoms with Crippen molar-refractivity contribution < 1.29 is 23.1 Å². The van der Waals surface area contributed by atoms with Gasteiger partial charge < -0.3 is 14.4 Å². The Bertz CT molecular complexity index is 1180. The summed E-state index contributed by atoms with van der Waals surface area (Å²) in [5, 5.41) is 12.3. The van der Waals surface area contributed by atoms with Crippen LogP contribution in [0.25, 0.3) is 17.0 Å². The Morgan fingerprint density at radius 1 is 1.43 bits per heavy atom. The topological polar surface area (TPSA) is 104 Å². The van der Waals surface area contributed by atoms with Crippen molar-refractivity contribution in [2.75, 3.05) is 13.1 Å². The molecule has 0 bridgehead atoms. The molecule has 1 unspecified atom stereocenters. The van der Waals surface area contributed by atoms with Crippen molar-refractivity contribution in [1.29, 1.82) is 0 Å². The zero-order chi connectivity index (χ0) is 25.0. The van der Waals surface area contributed by atoms with E-state index >= 15 is 0 Å². The van der Waals surface area contributed by atoms with Gasteiger partial charge in [-0.3, -0.25) is 10.3 Å². The molecule has 2 aliphatic rings. The molecule has 2 aromatic heterocycles. The molecule has 2 aliphatic heterocycles. The smallest absolute Gasteiger partial charge is 0.323 e.